The zero-order chi connectivity index (χ0) is 13.2. The number of para-hydroxylation sites is 1. The summed E-state index contributed by atoms with van der Waals surface area (Å²) in [5, 5.41) is 3.49. The average molecular weight is 262 g/mol. The predicted octanol–water partition coefficient (Wildman–Crippen LogP) is 1.13. The van der Waals surface area contributed by atoms with Gasteiger partial charge in [0.25, 0.3) is 0 Å². The molecule has 2 heterocycles. The highest BCUT2D eigenvalue weighted by atomic mass is 16.7. The number of benzene rings is 1. The second kappa shape index (κ2) is 5.09. The van der Waals surface area contributed by atoms with Gasteiger partial charge in [0, 0.05) is 38.2 Å². The molecule has 0 aromatic heterocycles. The van der Waals surface area contributed by atoms with Crippen molar-refractivity contribution in [1.82, 2.24) is 10.2 Å². The third-order valence-electron chi connectivity index (χ3n) is 3.69. The van der Waals surface area contributed by atoms with Crippen molar-refractivity contribution < 1.29 is 14.3 Å². The largest absolute Gasteiger partial charge is 0.454 e. The smallest absolute Gasteiger partial charge is 0.231 e. The minimum absolute atomic E-state index is 0.232. The number of carbonyl (C=O) groups is 1. The quantitative estimate of drug-likeness (QED) is 0.887. The standard InChI is InChI=1S/C14H18N2O3/c1-16-8-11(5-6-13(16)17)15-7-10-3-2-4-12-14(10)19-9-18-12/h2-4,11,15H,5-9H2,1H3. The Morgan fingerprint density at radius 2 is 2.32 bits per heavy atom. The van der Waals surface area contributed by atoms with E-state index in [-0.39, 0.29) is 5.91 Å². The van der Waals surface area contributed by atoms with Crippen LogP contribution >= 0.6 is 0 Å². The number of ether oxygens (including phenoxy) is 2. The third kappa shape index (κ3) is 2.51. The monoisotopic (exact) mass is 262 g/mol. The van der Waals surface area contributed by atoms with Gasteiger partial charge >= 0.3 is 0 Å². The molecule has 5 heteroatoms. The summed E-state index contributed by atoms with van der Waals surface area (Å²) >= 11 is 0. The number of nitrogens with one attached hydrogen (secondary N) is 1. The summed E-state index contributed by atoms with van der Waals surface area (Å²) in [5.41, 5.74) is 1.11. The number of carbonyl (C=O) groups excluding carboxylic acids is 1. The normalized spacial score (nSPS) is 21.8. The summed E-state index contributed by atoms with van der Waals surface area (Å²) in [7, 11) is 1.85. The number of likely N-dealkylation sites (tertiary alicyclic amines) is 1. The van der Waals surface area contributed by atoms with E-state index in [2.05, 4.69) is 5.32 Å². The Bertz CT molecular complexity index is 490. The van der Waals surface area contributed by atoms with E-state index in [0.29, 0.717) is 19.3 Å². The van der Waals surface area contributed by atoms with Gasteiger partial charge in [0.1, 0.15) is 0 Å². The molecule has 2 aliphatic rings. The molecule has 0 bridgehead atoms. The van der Waals surface area contributed by atoms with E-state index in [1.54, 1.807) is 4.90 Å². The minimum atomic E-state index is 0.232. The fourth-order valence-corrected chi connectivity index (χ4v) is 2.56. The molecule has 1 saturated heterocycles. The molecule has 5 nitrogen and oxygen atoms in total. The van der Waals surface area contributed by atoms with E-state index in [4.69, 9.17) is 9.47 Å². The highest BCUT2D eigenvalue weighted by molar-refractivity contribution is 5.76. The van der Waals surface area contributed by atoms with Gasteiger partial charge in [-0.3, -0.25) is 4.79 Å². The number of amides is 1. The number of piperidine rings is 1. The lowest BCUT2D eigenvalue weighted by atomic mass is 10.1. The Morgan fingerprint density at radius 3 is 3.16 bits per heavy atom. The second-order valence-electron chi connectivity index (χ2n) is 5.04. The first-order chi connectivity index (χ1) is 9.24. The van der Waals surface area contributed by atoms with Gasteiger partial charge in [-0.2, -0.15) is 0 Å². The number of likely N-dealkylation sites (N-methyl/N-ethyl adjacent to an activating group) is 1. The van der Waals surface area contributed by atoms with E-state index in [9.17, 15) is 4.79 Å². The maximum atomic E-state index is 11.4. The maximum absolute atomic E-state index is 11.4. The molecule has 1 N–H and O–H groups in total. The molecule has 1 aromatic rings. The molecule has 0 radical (unpaired) electrons. The molecular weight excluding hydrogens is 244 g/mol. The summed E-state index contributed by atoms with van der Waals surface area (Å²) in [6.45, 7) is 1.80. The molecular formula is C14H18N2O3. The summed E-state index contributed by atoms with van der Waals surface area (Å²) in [6, 6.07) is 6.28. The Kier molecular flexibility index (Phi) is 3.29. The highest BCUT2D eigenvalue weighted by Gasteiger charge is 2.23. The zero-order valence-corrected chi connectivity index (χ0v) is 11.0. The van der Waals surface area contributed by atoms with Crippen LogP contribution in [-0.4, -0.2) is 37.2 Å². The van der Waals surface area contributed by atoms with Crippen molar-refractivity contribution in [3.63, 3.8) is 0 Å². The van der Waals surface area contributed by atoms with Crippen molar-refractivity contribution in [1.29, 1.82) is 0 Å². The Balaban J connectivity index is 1.61. The van der Waals surface area contributed by atoms with Gasteiger partial charge in [-0.05, 0) is 12.5 Å². The molecule has 1 atom stereocenters. The van der Waals surface area contributed by atoms with Crippen LogP contribution in [0.2, 0.25) is 0 Å². The SMILES string of the molecule is CN1CC(NCc2cccc3c2OCO3)CCC1=O. The minimum Gasteiger partial charge on any atom is -0.454 e. The molecule has 0 aliphatic carbocycles. The van der Waals surface area contributed by atoms with Gasteiger partial charge in [0.2, 0.25) is 12.7 Å². The molecule has 19 heavy (non-hydrogen) atoms. The topological polar surface area (TPSA) is 50.8 Å². The molecule has 2 aliphatic heterocycles. The summed E-state index contributed by atoms with van der Waals surface area (Å²) in [5.74, 6) is 1.89. The van der Waals surface area contributed by atoms with E-state index in [1.807, 2.05) is 25.2 Å². The zero-order valence-electron chi connectivity index (χ0n) is 11.0. The lowest BCUT2D eigenvalue weighted by Gasteiger charge is -2.30. The van der Waals surface area contributed by atoms with Crippen LogP contribution in [0.4, 0.5) is 0 Å². The molecule has 1 unspecified atom stereocenters. The number of nitrogens with zero attached hydrogens (tertiary/aromatic N) is 1. The van der Waals surface area contributed by atoms with Gasteiger partial charge in [0.05, 0.1) is 0 Å². The molecule has 1 fully saturated rings. The first-order valence-electron chi connectivity index (χ1n) is 6.59. The van der Waals surface area contributed by atoms with Crippen LogP contribution in [0.25, 0.3) is 0 Å². The van der Waals surface area contributed by atoms with E-state index in [0.717, 1.165) is 36.6 Å². The van der Waals surface area contributed by atoms with Crippen LogP contribution < -0.4 is 14.8 Å². The fraction of sp³-hybridized carbons (Fsp3) is 0.500. The molecule has 102 valence electrons. The Labute approximate surface area is 112 Å². The molecule has 0 spiro atoms. The molecule has 0 saturated carbocycles. The number of fused-ring (bicyclic) bond motifs is 1. The van der Waals surface area contributed by atoms with Gasteiger partial charge in [0.15, 0.2) is 11.5 Å². The van der Waals surface area contributed by atoms with E-state index >= 15 is 0 Å². The molecule has 1 amide bonds. The van der Waals surface area contributed by atoms with Gasteiger partial charge < -0.3 is 19.7 Å². The van der Waals surface area contributed by atoms with Crippen LogP contribution in [-0.2, 0) is 11.3 Å². The molecule has 1 aromatic carbocycles. The van der Waals surface area contributed by atoms with Crippen molar-refractivity contribution in [3.05, 3.63) is 23.8 Å². The van der Waals surface area contributed by atoms with Gasteiger partial charge in [-0.25, -0.2) is 0 Å². The van der Waals surface area contributed by atoms with Crippen LogP contribution in [0, 0.1) is 0 Å². The van der Waals surface area contributed by atoms with Crippen molar-refractivity contribution in [3.8, 4) is 11.5 Å². The predicted molar refractivity (Wildman–Crippen MR) is 70.1 cm³/mol. The highest BCUT2D eigenvalue weighted by Crippen LogP contribution is 2.35. The van der Waals surface area contributed by atoms with E-state index in [1.165, 1.54) is 0 Å². The number of hydrogen-bond acceptors (Lipinski definition) is 4. The van der Waals surface area contributed by atoms with Crippen molar-refractivity contribution in [2.24, 2.45) is 0 Å². The lowest BCUT2D eigenvalue weighted by Crippen LogP contribution is -2.46. The van der Waals surface area contributed by atoms with Crippen LogP contribution in [0.15, 0.2) is 18.2 Å². The summed E-state index contributed by atoms with van der Waals surface area (Å²) in [4.78, 5) is 13.2. The summed E-state index contributed by atoms with van der Waals surface area (Å²) in [6.07, 6.45) is 1.52. The number of hydrogen-bond donors (Lipinski definition) is 1. The van der Waals surface area contributed by atoms with Gasteiger partial charge in [-0.15, -0.1) is 0 Å². The second-order valence-corrected chi connectivity index (χ2v) is 5.04. The number of rotatable bonds is 3. The Morgan fingerprint density at radius 1 is 1.42 bits per heavy atom. The van der Waals surface area contributed by atoms with E-state index < -0.39 is 0 Å². The molecule has 3 rings (SSSR count). The lowest BCUT2D eigenvalue weighted by molar-refractivity contribution is -0.132. The third-order valence-corrected chi connectivity index (χ3v) is 3.69. The van der Waals surface area contributed by atoms with Crippen molar-refractivity contribution in [2.75, 3.05) is 20.4 Å². The van der Waals surface area contributed by atoms with Crippen molar-refractivity contribution in [2.45, 2.75) is 25.4 Å². The van der Waals surface area contributed by atoms with Gasteiger partial charge in [-0.1, -0.05) is 12.1 Å². The van der Waals surface area contributed by atoms with Crippen LogP contribution in [0.5, 0.6) is 11.5 Å². The average Bonchev–Trinajstić information content (AvgIpc) is 2.89. The fourth-order valence-electron chi connectivity index (χ4n) is 2.56. The van der Waals surface area contributed by atoms with Crippen LogP contribution in [0.1, 0.15) is 18.4 Å². The maximum Gasteiger partial charge on any atom is 0.231 e. The first-order valence-corrected chi connectivity index (χ1v) is 6.59. The van der Waals surface area contributed by atoms with Crippen LogP contribution in [0.3, 0.4) is 0 Å². The summed E-state index contributed by atoms with van der Waals surface area (Å²) < 4.78 is 10.8. The Hall–Kier alpha value is -1.75. The first kappa shape index (κ1) is 12.3. The van der Waals surface area contributed by atoms with Crippen molar-refractivity contribution >= 4 is 5.91 Å².